The van der Waals surface area contributed by atoms with Crippen molar-refractivity contribution < 1.29 is 19.7 Å². The molecule has 0 saturated heterocycles. The highest BCUT2D eigenvalue weighted by atomic mass is 16.5. The van der Waals surface area contributed by atoms with Gasteiger partial charge in [-0.2, -0.15) is 0 Å². The molecule has 0 aliphatic rings. The number of methoxy groups -OCH3 is 1. The van der Waals surface area contributed by atoms with Crippen molar-refractivity contribution in [1.29, 1.82) is 0 Å². The second-order valence-electron chi connectivity index (χ2n) is 4.90. The van der Waals surface area contributed by atoms with E-state index in [9.17, 15) is 9.90 Å². The largest absolute Gasteiger partial charge is 0.497 e. The van der Waals surface area contributed by atoms with Crippen molar-refractivity contribution in [1.82, 2.24) is 4.57 Å². The van der Waals surface area contributed by atoms with E-state index in [1.54, 1.807) is 29.9 Å². The third-order valence-electron chi connectivity index (χ3n) is 3.44. The summed E-state index contributed by atoms with van der Waals surface area (Å²) >= 11 is 0. The summed E-state index contributed by atoms with van der Waals surface area (Å²) in [6, 6.07) is 5.26. The first-order valence-corrected chi connectivity index (χ1v) is 7.12. The third-order valence-corrected chi connectivity index (χ3v) is 3.44. The number of unbranched alkanes of at least 4 members (excludes halogenated alkanes) is 2. The number of ether oxygens (including phenoxy) is 1. The number of azo groups is 1. The number of fused-ring (bicyclic) bond motifs is 1. The Balaban J connectivity index is 2.54. The fourth-order valence-electron chi connectivity index (χ4n) is 2.36. The predicted octanol–water partition coefficient (Wildman–Crippen LogP) is 4.31. The average Bonchev–Trinajstić information content (AvgIpc) is 2.77. The average molecular weight is 305 g/mol. The number of aromatic nitrogens is 1. The summed E-state index contributed by atoms with van der Waals surface area (Å²) in [5, 5.41) is 26.4. The number of nitrogens with zero attached hydrogens (tertiary/aromatic N) is 3. The van der Waals surface area contributed by atoms with Gasteiger partial charge in [-0.15, -0.1) is 5.11 Å². The SMILES string of the molecule is CCCCCn1c(O)c(N=NC(=O)O)c2ccc(OC)cc21. The highest BCUT2D eigenvalue weighted by Gasteiger charge is 2.17. The van der Waals surface area contributed by atoms with Crippen molar-refractivity contribution >= 4 is 22.7 Å². The highest BCUT2D eigenvalue weighted by molar-refractivity contribution is 5.96. The van der Waals surface area contributed by atoms with Gasteiger partial charge in [0.05, 0.1) is 12.6 Å². The molecular weight excluding hydrogens is 286 g/mol. The van der Waals surface area contributed by atoms with Crippen molar-refractivity contribution in [3.8, 4) is 11.6 Å². The number of carbonyl (C=O) groups is 1. The Kier molecular flexibility index (Phi) is 4.98. The van der Waals surface area contributed by atoms with E-state index in [4.69, 9.17) is 9.84 Å². The highest BCUT2D eigenvalue weighted by Crippen LogP contribution is 2.40. The smallest absolute Gasteiger partial charge is 0.449 e. The number of aryl methyl sites for hydroxylation is 1. The minimum absolute atomic E-state index is 0.0793. The molecule has 118 valence electrons. The molecular formula is C15H19N3O4. The number of amides is 1. The van der Waals surface area contributed by atoms with E-state index in [1.807, 2.05) is 0 Å². The van der Waals surface area contributed by atoms with Crippen LogP contribution < -0.4 is 4.74 Å². The molecule has 22 heavy (non-hydrogen) atoms. The van der Waals surface area contributed by atoms with Crippen LogP contribution in [-0.2, 0) is 6.54 Å². The lowest BCUT2D eigenvalue weighted by molar-refractivity contribution is 0.204. The molecule has 2 N–H and O–H groups in total. The Morgan fingerprint density at radius 1 is 1.36 bits per heavy atom. The van der Waals surface area contributed by atoms with Crippen LogP contribution in [0.3, 0.4) is 0 Å². The maximum atomic E-state index is 10.6. The molecule has 1 heterocycles. The van der Waals surface area contributed by atoms with E-state index in [0.717, 1.165) is 24.8 Å². The molecule has 1 aromatic heterocycles. The molecule has 7 heteroatoms. The Bertz CT molecular complexity index is 706. The second kappa shape index (κ2) is 6.93. The lowest BCUT2D eigenvalue weighted by Gasteiger charge is -2.07. The summed E-state index contributed by atoms with van der Waals surface area (Å²) in [7, 11) is 1.57. The molecule has 0 unspecified atom stereocenters. The normalized spacial score (nSPS) is 11.4. The molecule has 0 saturated carbocycles. The monoisotopic (exact) mass is 305 g/mol. The maximum absolute atomic E-state index is 10.6. The third kappa shape index (κ3) is 3.19. The molecule has 1 aromatic carbocycles. The van der Waals surface area contributed by atoms with Crippen LogP contribution in [0.4, 0.5) is 10.5 Å². The van der Waals surface area contributed by atoms with Gasteiger partial charge in [-0.1, -0.05) is 24.9 Å². The van der Waals surface area contributed by atoms with Crippen molar-refractivity contribution in [2.45, 2.75) is 32.7 Å². The van der Waals surface area contributed by atoms with Crippen LogP contribution in [0.2, 0.25) is 0 Å². The van der Waals surface area contributed by atoms with Gasteiger partial charge in [0, 0.05) is 18.0 Å². The minimum Gasteiger partial charge on any atom is -0.497 e. The first kappa shape index (κ1) is 15.8. The fourth-order valence-corrected chi connectivity index (χ4v) is 2.36. The molecule has 0 aliphatic heterocycles. The van der Waals surface area contributed by atoms with Crippen LogP contribution in [0.15, 0.2) is 28.4 Å². The fraction of sp³-hybridized carbons (Fsp3) is 0.400. The van der Waals surface area contributed by atoms with E-state index < -0.39 is 6.09 Å². The van der Waals surface area contributed by atoms with Crippen molar-refractivity contribution in [3.63, 3.8) is 0 Å². The molecule has 0 fully saturated rings. The lowest BCUT2D eigenvalue weighted by Crippen LogP contribution is -1.97. The lowest BCUT2D eigenvalue weighted by atomic mass is 10.2. The zero-order valence-corrected chi connectivity index (χ0v) is 12.6. The first-order valence-electron chi connectivity index (χ1n) is 7.12. The molecule has 0 bridgehead atoms. The topological polar surface area (TPSA) is 96.4 Å². The van der Waals surface area contributed by atoms with Crippen molar-refractivity contribution in [2.75, 3.05) is 7.11 Å². The number of rotatable bonds is 6. The van der Waals surface area contributed by atoms with Crippen LogP contribution in [0, 0.1) is 0 Å². The first-order chi connectivity index (χ1) is 10.6. The van der Waals surface area contributed by atoms with E-state index in [1.165, 1.54) is 0 Å². The zero-order valence-electron chi connectivity index (χ0n) is 12.6. The summed E-state index contributed by atoms with van der Waals surface area (Å²) in [6.45, 7) is 2.72. The number of benzene rings is 1. The predicted molar refractivity (Wildman–Crippen MR) is 82.2 cm³/mol. The van der Waals surface area contributed by atoms with Crippen molar-refractivity contribution in [2.24, 2.45) is 10.2 Å². The summed E-state index contributed by atoms with van der Waals surface area (Å²) in [4.78, 5) is 10.6. The van der Waals surface area contributed by atoms with Gasteiger partial charge in [-0.25, -0.2) is 4.79 Å². The molecule has 7 nitrogen and oxygen atoms in total. The number of hydrogen-bond donors (Lipinski definition) is 2. The van der Waals surface area contributed by atoms with Gasteiger partial charge in [-0.3, -0.25) is 0 Å². The molecule has 2 aromatic rings. The van der Waals surface area contributed by atoms with E-state index in [2.05, 4.69) is 17.2 Å². The van der Waals surface area contributed by atoms with Crippen LogP contribution in [0.25, 0.3) is 10.9 Å². The van der Waals surface area contributed by atoms with Crippen LogP contribution in [0.5, 0.6) is 11.6 Å². The van der Waals surface area contributed by atoms with Gasteiger partial charge >= 0.3 is 6.09 Å². The molecule has 0 aliphatic carbocycles. The quantitative estimate of drug-likeness (QED) is 0.614. The standard InChI is InChI=1S/C15H19N3O4/c1-3-4-5-8-18-12-9-10(22-2)6-7-11(12)13(14(18)19)16-17-15(20)21/h6-7,9,19H,3-5,8H2,1-2H3,(H,20,21). The maximum Gasteiger partial charge on any atom is 0.449 e. The molecule has 0 atom stereocenters. The summed E-state index contributed by atoms with van der Waals surface area (Å²) in [5.41, 5.74) is 0.906. The second-order valence-corrected chi connectivity index (χ2v) is 4.90. The Hall–Kier alpha value is -2.57. The van der Waals surface area contributed by atoms with Gasteiger partial charge < -0.3 is 19.5 Å². The molecule has 0 radical (unpaired) electrons. The van der Waals surface area contributed by atoms with Gasteiger partial charge in [0.2, 0.25) is 5.88 Å². The van der Waals surface area contributed by atoms with Crippen LogP contribution >= 0.6 is 0 Å². The number of carboxylic acid groups (broad SMARTS) is 1. The molecule has 2 rings (SSSR count). The zero-order chi connectivity index (χ0) is 16.1. The Morgan fingerprint density at radius 3 is 2.77 bits per heavy atom. The minimum atomic E-state index is -1.40. The van der Waals surface area contributed by atoms with E-state index in [-0.39, 0.29) is 11.6 Å². The molecule has 1 amide bonds. The summed E-state index contributed by atoms with van der Waals surface area (Å²) in [6.07, 6.45) is 1.60. The van der Waals surface area contributed by atoms with Crippen LogP contribution in [-0.4, -0.2) is 28.0 Å². The Morgan fingerprint density at radius 2 is 2.14 bits per heavy atom. The van der Waals surface area contributed by atoms with E-state index in [0.29, 0.717) is 17.7 Å². The van der Waals surface area contributed by atoms with Gasteiger partial charge in [-0.05, 0) is 18.6 Å². The van der Waals surface area contributed by atoms with E-state index >= 15 is 0 Å². The summed E-state index contributed by atoms with van der Waals surface area (Å²) in [5.74, 6) is 0.577. The van der Waals surface area contributed by atoms with Crippen molar-refractivity contribution in [3.05, 3.63) is 18.2 Å². The van der Waals surface area contributed by atoms with Crippen LogP contribution in [0.1, 0.15) is 26.2 Å². The molecule has 0 spiro atoms. The number of aromatic hydroxyl groups is 1. The van der Waals surface area contributed by atoms with Gasteiger partial charge in [0.15, 0.2) is 5.69 Å². The summed E-state index contributed by atoms with van der Waals surface area (Å²) < 4.78 is 6.92. The van der Waals surface area contributed by atoms with Gasteiger partial charge in [0.1, 0.15) is 5.75 Å². The number of hydrogen-bond acceptors (Lipinski definition) is 4. The Labute approximate surface area is 127 Å². The van der Waals surface area contributed by atoms with Gasteiger partial charge in [0.25, 0.3) is 0 Å².